The summed E-state index contributed by atoms with van der Waals surface area (Å²) in [5.41, 5.74) is 1.87. The van der Waals surface area contributed by atoms with E-state index in [1.54, 1.807) is 18.3 Å². The summed E-state index contributed by atoms with van der Waals surface area (Å²) in [4.78, 5) is 28.0. The number of hydrogen-bond acceptors (Lipinski definition) is 5. The van der Waals surface area contributed by atoms with Gasteiger partial charge in [-0.1, -0.05) is 17.3 Å². The Morgan fingerprint density at radius 3 is 2.81 bits per heavy atom. The minimum Gasteiger partial charge on any atom is -0.478 e. The van der Waals surface area contributed by atoms with E-state index < -0.39 is 5.97 Å². The van der Waals surface area contributed by atoms with E-state index in [0.29, 0.717) is 23.4 Å². The molecule has 1 aliphatic carbocycles. The molecular weight excluding hydrogens is 401 g/mol. The Hall–Kier alpha value is -3.62. The topological polar surface area (TPSA) is 110 Å². The first-order valence-electron chi connectivity index (χ1n) is 10.1. The van der Waals surface area contributed by atoms with Gasteiger partial charge in [0, 0.05) is 18.5 Å². The van der Waals surface area contributed by atoms with E-state index in [1.807, 2.05) is 6.92 Å². The van der Waals surface area contributed by atoms with Crippen molar-refractivity contribution < 1.29 is 19.1 Å². The van der Waals surface area contributed by atoms with Gasteiger partial charge in [-0.3, -0.25) is 9.78 Å². The number of carboxylic acid groups (broad SMARTS) is 1. The summed E-state index contributed by atoms with van der Waals surface area (Å²) in [6.07, 6.45) is 6.81. The number of hydrogen-bond donors (Lipinski definition) is 2. The van der Waals surface area contributed by atoms with Crippen LogP contribution in [0.3, 0.4) is 0 Å². The minimum atomic E-state index is -1.08. The Kier molecular flexibility index (Phi) is 5.75. The van der Waals surface area contributed by atoms with E-state index in [4.69, 9.17) is 5.11 Å². The van der Waals surface area contributed by atoms with Crippen molar-refractivity contribution in [1.29, 1.82) is 0 Å². The molecule has 0 aliphatic heterocycles. The fourth-order valence-corrected chi connectivity index (χ4v) is 3.57. The number of halogens is 1. The number of carboxylic acids is 1. The molecule has 9 heteroatoms. The highest BCUT2D eigenvalue weighted by atomic mass is 19.1. The van der Waals surface area contributed by atoms with Gasteiger partial charge in [-0.05, 0) is 49.4 Å². The number of aromatic carboxylic acids is 1. The highest BCUT2D eigenvalue weighted by Gasteiger charge is 2.37. The third-order valence-electron chi connectivity index (χ3n) is 5.44. The summed E-state index contributed by atoms with van der Waals surface area (Å²) in [7, 11) is 0. The zero-order chi connectivity index (χ0) is 22.0. The van der Waals surface area contributed by atoms with Crippen LogP contribution in [0.25, 0.3) is 5.69 Å². The van der Waals surface area contributed by atoms with Crippen molar-refractivity contribution in [1.82, 2.24) is 25.3 Å². The molecule has 31 heavy (non-hydrogen) atoms. The summed E-state index contributed by atoms with van der Waals surface area (Å²) in [6, 6.07) is 7.34. The molecule has 1 saturated carbocycles. The minimum absolute atomic E-state index is 0.0520. The van der Waals surface area contributed by atoms with E-state index in [-0.39, 0.29) is 35.2 Å². The molecule has 0 spiro atoms. The Labute approximate surface area is 178 Å². The molecule has 1 aromatic carbocycles. The summed E-state index contributed by atoms with van der Waals surface area (Å²) in [6.45, 7) is 1.83. The molecule has 0 radical (unpaired) electrons. The highest BCUT2D eigenvalue weighted by molar-refractivity contribution is 5.87. The van der Waals surface area contributed by atoms with Gasteiger partial charge in [0.25, 0.3) is 0 Å². The largest absolute Gasteiger partial charge is 0.478 e. The number of nitrogens with zero attached hydrogens (tertiary/aromatic N) is 4. The number of carbonyl (C=O) groups excluding carboxylic acids is 1. The summed E-state index contributed by atoms with van der Waals surface area (Å²) < 4.78 is 14.9. The van der Waals surface area contributed by atoms with Crippen LogP contribution in [0.4, 0.5) is 4.39 Å². The van der Waals surface area contributed by atoms with Crippen molar-refractivity contribution in [2.45, 2.75) is 32.2 Å². The van der Waals surface area contributed by atoms with Gasteiger partial charge in [0.05, 0.1) is 35.4 Å². The quantitative estimate of drug-likeness (QED) is 0.576. The van der Waals surface area contributed by atoms with Crippen LogP contribution in [0.1, 0.15) is 47.4 Å². The molecule has 8 nitrogen and oxygen atoms in total. The van der Waals surface area contributed by atoms with E-state index in [9.17, 15) is 14.0 Å². The average molecular weight is 423 g/mol. The number of aromatic nitrogens is 4. The maximum atomic E-state index is 13.5. The molecule has 2 unspecified atom stereocenters. The average Bonchev–Trinajstić information content (AvgIpc) is 3.49. The number of amides is 1. The SMILES string of the molecule is CC(NC(=O)C(Cc1cn(-c2cncc(C(=O)O)c2)nn1)C1CC1)c1cccc(F)c1. The molecule has 0 saturated heterocycles. The smallest absolute Gasteiger partial charge is 0.337 e. The normalized spacial score (nSPS) is 15.3. The van der Waals surface area contributed by atoms with Gasteiger partial charge in [0.15, 0.2) is 0 Å². The van der Waals surface area contributed by atoms with Crippen LogP contribution in [0, 0.1) is 17.7 Å². The second-order valence-electron chi connectivity index (χ2n) is 7.82. The standard InChI is InChI=1S/C22H22FN5O3/c1-13(15-3-2-4-17(23)7-15)25-21(29)20(14-5-6-14)9-18-12-28(27-26-18)19-8-16(22(30)31)10-24-11-19/h2-4,7-8,10-14,20H,5-6,9H2,1H3,(H,25,29)(H,30,31). The van der Waals surface area contributed by atoms with Crippen LogP contribution in [-0.4, -0.2) is 37.0 Å². The third-order valence-corrected chi connectivity index (χ3v) is 5.44. The van der Waals surface area contributed by atoms with E-state index in [2.05, 4.69) is 20.6 Å². The zero-order valence-electron chi connectivity index (χ0n) is 16.9. The zero-order valence-corrected chi connectivity index (χ0v) is 16.9. The molecule has 1 aliphatic rings. The van der Waals surface area contributed by atoms with Gasteiger partial charge in [-0.2, -0.15) is 0 Å². The first kappa shape index (κ1) is 20.6. The number of rotatable bonds is 8. The van der Waals surface area contributed by atoms with Crippen molar-refractivity contribution in [2.24, 2.45) is 11.8 Å². The van der Waals surface area contributed by atoms with E-state index in [1.165, 1.54) is 35.3 Å². The Morgan fingerprint density at radius 1 is 1.29 bits per heavy atom. The number of carbonyl (C=O) groups is 2. The summed E-state index contributed by atoms with van der Waals surface area (Å²) >= 11 is 0. The van der Waals surface area contributed by atoms with Gasteiger partial charge in [-0.15, -0.1) is 5.10 Å². The summed E-state index contributed by atoms with van der Waals surface area (Å²) in [5.74, 6) is -1.49. The first-order chi connectivity index (χ1) is 14.9. The van der Waals surface area contributed by atoms with Crippen LogP contribution in [0.5, 0.6) is 0 Å². The molecule has 160 valence electrons. The Balaban J connectivity index is 1.46. The monoisotopic (exact) mass is 423 g/mol. The fourth-order valence-electron chi connectivity index (χ4n) is 3.57. The van der Waals surface area contributed by atoms with Crippen LogP contribution in [0.15, 0.2) is 48.9 Å². The predicted octanol–water partition coefficient (Wildman–Crippen LogP) is 2.95. The molecule has 2 atom stereocenters. The summed E-state index contributed by atoms with van der Waals surface area (Å²) in [5, 5.41) is 20.3. The lowest BCUT2D eigenvalue weighted by Gasteiger charge is -2.20. The van der Waals surface area contributed by atoms with Crippen LogP contribution < -0.4 is 5.32 Å². The molecule has 3 aromatic rings. The number of benzene rings is 1. The number of nitrogens with one attached hydrogen (secondary N) is 1. The van der Waals surface area contributed by atoms with Gasteiger partial charge in [0.2, 0.25) is 5.91 Å². The molecule has 1 fully saturated rings. The Bertz CT molecular complexity index is 1110. The maximum absolute atomic E-state index is 13.5. The lowest BCUT2D eigenvalue weighted by Crippen LogP contribution is -2.35. The first-order valence-corrected chi connectivity index (χ1v) is 10.1. The van der Waals surface area contributed by atoms with Crippen molar-refractivity contribution in [2.75, 3.05) is 0 Å². The van der Waals surface area contributed by atoms with Crippen molar-refractivity contribution in [3.63, 3.8) is 0 Å². The van der Waals surface area contributed by atoms with Crippen LogP contribution >= 0.6 is 0 Å². The molecule has 4 rings (SSSR count). The second kappa shape index (κ2) is 8.63. The molecule has 1 amide bonds. The van der Waals surface area contributed by atoms with Crippen molar-refractivity contribution in [3.8, 4) is 5.69 Å². The van der Waals surface area contributed by atoms with E-state index in [0.717, 1.165) is 12.8 Å². The predicted molar refractivity (Wildman–Crippen MR) is 109 cm³/mol. The molecule has 0 bridgehead atoms. The molecule has 2 aromatic heterocycles. The van der Waals surface area contributed by atoms with Gasteiger partial charge in [0.1, 0.15) is 5.82 Å². The van der Waals surface area contributed by atoms with Crippen LogP contribution in [0.2, 0.25) is 0 Å². The lowest BCUT2D eigenvalue weighted by atomic mass is 9.96. The Morgan fingerprint density at radius 2 is 2.10 bits per heavy atom. The lowest BCUT2D eigenvalue weighted by molar-refractivity contribution is -0.126. The maximum Gasteiger partial charge on any atom is 0.337 e. The van der Waals surface area contributed by atoms with Gasteiger partial charge >= 0.3 is 5.97 Å². The molecule has 2 heterocycles. The third kappa shape index (κ3) is 4.93. The van der Waals surface area contributed by atoms with Gasteiger partial charge in [-0.25, -0.2) is 13.9 Å². The van der Waals surface area contributed by atoms with Crippen molar-refractivity contribution in [3.05, 3.63) is 71.6 Å². The van der Waals surface area contributed by atoms with Gasteiger partial charge < -0.3 is 10.4 Å². The number of pyridine rings is 1. The highest BCUT2D eigenvalue weighted by Crippen LogP contribution is 2.38. The van der Waals surface area contributed by atoms with Crippen molar-refractivity contribution >= 4 is 11.9 Å². The second-order valence-corrected chi connectivity index (χ2v) is 7.82. The molecular formula is C22H22FN5O3. The molecule has 2 N–H and O–H groups in total. The van der Waals surface area contributed by atoms with E-state index >= 15 is 0 Å². The van der Waals surface area contributed by atoms with Crippen LogP contribution in [-0.2, 0) is 11.2 Å². The fraction of sp³-hybridized carbons (Fsp3) is 0.318.